The first-order chi connectivity index (χ1) is 3.25. The Bertz CT molecular complexity index is 66.3. The summed E-state index contributed by atoms with van der Waals surface area (Å²) in [6, 6.07) is 0. The molecule has 1 atom stereocenters. The summed E-state index contributed by atoms with van der Waals surface area (Å²) in [7, 11) is 0. The van der Waals surface area contributed by atoms with Gasteiger partial charge in [-0.25, -0.2) is 0 Å². The largest absolute Gasteiger partial charge is 0.416 e. The predicted molar refractivity (Wildman–Crippen MR) is 22.0 cm³/mol. The van der Waals surface area contributed by atoms with Gasteiger partial charge in [-0.1, -0.05) is 0 Å². The van der Waals surface area contributed by atoms with E-state index in [-0.39, 0.29) is 0 Å². The zero-order valence-corrected chi connectivity index (χ0v) is 4.29. The van der Waals surface area contributed by atoms with Crippen molar-refractivity contribution in [3.05, 3.63) is 6.92 Å². The van der Waals surface area contributed by atoms with Crippen molar-refractivity contribution in [3.63, 3.8) is 0 Å². The van der Waals surface area contributed by atoms with Gasteiger partial charge >= 0.3 is 6.18 Å². The number of halogens is 3. The van der Waals surface area contributed by atoms with Crippen molar-refractivity contribution in [2.24, 2.45) is 0 Å². The summed E-state index contributed by atoms with van der Waals surface area (Å²) in [5.41, 5.74) is -2.81. The highest BCUT2D eigenvalue weighted by Crippen LogP contribution is 2.28. The molecular formula is C4H6F3O. The van der Waals surface area contributed by atoms with Gasteiger partial charge in [0.05, 0.1) is 0 Å². The second kappa shape index (κ2) is 1.62. The van der Waals surface area contributed by atoms with Gasteiger partial charge in [0.2, 0.25) is 0 Å². The van der Waals surface area contributed by atoms with Crippen LogP contribution in [0.2, 0.25) is 0 Å². The van der Waals surface area contributed by atoms with Crippen LogP contribution in [0, 0.1) is 6.92 Å². The molecule has 0 amide bonds. The zero-order chi connectivity index (χ0) is 7.00. The second-order valence-electron chi connectivity index (χ2n) is 1.77. The Morgan fingerprint density at radius 1 is 1.38 bits per heavy atom. The SMILES string of the molecule is [CH2][C@](C)(O)C(F)(F)F. The molecule has 1 radical (unpaired) electrons. The summed E-state index contributed by atoms with van der Waals surface area (Å²) in [5, 5.41) is 8.12. The molecule has 0 unspecified atom stereocenters. The van der Waals surface area contributed by atoms with E-state index in [0.29, 0.717) is 6.92 Å². The third-order valence-electron chi connectivity index (χ3n) is 0.611. The van der Waals surface area contributed by atoms with Crippen LogP contribution in [0.1, 0.15) is 6.92 Å². The molecule has 0 saturated carbocycles. The van der Waals surface area contributed by atoms with Crippen molar-refractivity contribution in [1.82, 2.24) is 0 Å². The molecule has 1 N–H and O–H groups in total. The Labute approximate surface area is 45.1 Å². The first kappa shape index (κ1) is 7.75. The lowest BCUT2D eigenvalue weighted by atomic mass is 10.1. The van der Waals surface area contributed by atoms with Crippen LogP contribution in [0.25, 0.3) is 0 Å². The van der Waals surface area contributed by atoms with Crippen molar-refractivity contribution in [2.75, 3.05) is 0 Å². The minimum absolute atomic E-state index is 0.590. The summed E-state index contributed by atoms with van der Waals surface area (Å²) >= 11 is 0. The number of hydrogen-bond acceptors (Lipinski definition) is 1. The lowest BCUT2D eigenvalue weighted by molar-refractivity contribution is -0.233. The summed E-state index contributed by atoms with van der Waals surface area (Å²) in [5.74, 6) is 0. The minimum Gasteiger partial charge on any atom is -0.381 e. The van der Waals surface area contributed by atoms with Gasteiger partial charge in [0.1, 0.15) is 0 Å². The van der Waals surface area contributed by atoms with E-state index in [1.54, 1.807) is 0 Å². The average Bonchev–Trinajstić information content (AvgIpc) is 1.25. The fourth-order valence-corrected chi connectivity index (χ4v) is 0. The molecule has 0 aromatic heterocycles. The highest BCUT2D eigenvalue weighted by Gasteiger charge is 2.45. The highest BCUT2D eigenvalue weighted by molar-refractivity contribution is 4.83. The topological polar surface area (TPSA) is 20.2 Å². The van der Waals surface area contributed by atoms with Gasteiger partial charge in [0.25, 0.3) is 0 Å². The molecule has 0 fully saturated rings. The molecule has 0 heterocycles. The third kappa shape index (κ3) is 1.69. The van der Waals surface area contributed by atoms with E-state index < -0.39 is 11.8 Å². The second-order valence-corrected chi connectivity index (χ2v) is 1.77. The molecule has 0 spiro atoms. The first-order valence-electron chi connectivity index (χ1n) is 1.89. The maximum absolute atomic E-state index is 11.2. The minimum atomic E-state index is -4.62. The van der Waals surface area contributed by atoms with E-state index in [4.69, 9.17) is 5.11 Å². The van der Waals surface area contributed by atoms with Crippen LogP contribution in [0.15, 0.2) is 0 Å². The van der Waals surface area contributed by atoms with E-state index in [2.05, 4.69) is 6.92 Å². The molecule has 0 bridgehead atoms. The van der Waals surface area contributed by atoms with Gasteiger partial charge in [-0.2, -0.15) is 13.2 Å². The quantitative estimate of drug-likeness (QED) is 0.517. The summed E-state index contributed by atoms with van der Waals surface area (Å²) in [6.45, 7) is 3.06. The molecule has 49 valence electrons. The van der Waals surface area contributed by atoms with Gasteiger partial charge in [-0.15, -0.1) is 0 Å². The van der Waals surface area contributed by atoms with E-state index in [1.807, 2.05) is 0 Å². The van der Waals surface area contributed by atoms with Gasteiger partial charge in [0, 0.05) is 0 Å². The Kier molecular flexibility index (Phi) is 1.57. The van der Waals surface area contributed by atoms with Crippen molar-refractivity contribution in [3.8, 4) is 0 Å². The smallest absolute Gasteiger partial charge is 0.381 e. The summed E-state index contributed by atoms with van der Waals surface area (Å²) < 4.78 is 33.8. The molecule has 0 aliphatic carbocycles. The van der Waals surface area contributed by atoms with Crippen molar-refractivity contribution >= 4 is 0 Å². The predicted octanol–water partition coefficient (Wildman–Crippen LogP) is 1.13. The molecule has 8 heavy (non-hydrogen) atoms. The number of alkyl halides is 3. The first-order valence-corrected chi connectivity index (χ1v) is 1.89. The fraction of sp³-hybridized carbons (Fsp3) is 0.750. The van der Waals surface area contributed by atoms with Crippen LogP contribution in [0.4, 0.5) is 13.2 Å². The van der Waals surface area contributed by atoms with E-state index in [1.165, 1.54) is 0 Å². The molecule has 0 rings (SSSR count). The molecule has 0 aliphatic rings. The maximum atomic E-state index is 11.2. The van der Waals surface area contributed by atoms with Crippen LogP contribution in [-0.2, 0) is 0 Å². The fourth-order valence-electron chi connectivity index (χ4n) is 0. The lowest BCUT2D eigenvalue weighted by Gasteiger charge is -2.19. The molecule has 1 nitrogen and oxygen atoms in total. The highest BCUT2D eigenvalue weighted by atomic mass is 19.4. The van der Waals surface area contributed by atoms with Crippen LogP contribution in [0.3, 0.4) is 0 Å². The number of aliphatic hydroxyl groups is 1. The number of hydrogen-bond donors (Lipinski definition) is 1. The van der Waals surface area contributed by atoms with Crippen LogP contribution in [0.5, 0.6) is 0 Å². The van der Waals surface area contributed by atoms with Crippen LogP contribution < -0.4 is 0 Å². The molecule has 0 saturated heterocycles. The van der Waals surface area contributed by atoms with Crippen LogP contribution in [-0.4, -0.2) is 16.9 Å². The average molecular weight is 127 g/mol. The zero-order valence-electron chi connectivity index (χ0n) is 4.29. The van der Waals surface area contributed by atoms with Gasteiger partial charge in [-0.05, 0) is 13.8 Å². The molecule has 0 aliphatic heterocycles. The van der Waals surface area contributed by atoms with Gasteiger partial charge < -0.3 is 5.11 Å². The summed E-state index contributed by atoms with van der Waals surface area (Å²) in [6.07, 6.45) is -4.62. The normalized spacial score (nSPS) is 14.2. The Hall–Kier alpha value is -0.250. The molecule has 0 aromatic rings. The summed E-state index contributed by atoms with van der Waals surface area (Å²) in [4.78, 5) is 0. The third-order valence-corrected chi connectivity index (χ3v) is 0.611. The van der Waals surface area contributed by atoms with Gasteiger partial charge in [0.15, 0.2) is 5.60 Å². The maximum Gasteiger partial charge on any atom is 0.416 e. The Balaban J connectivity index is 4.02. The van der Waals surface area contributed by atoms with E-state index in [9.17, 15) is 13.2 Å². The molecule has 0 aromatic carbocycles. The van der Waals surface area contributed by atoms with Crippen LogP contribution >= 0.6 is 0 Å². The number of rotatable bonds is 0. The lowest BCUT2D eigenvalue weighted by Crippen LogP contribution is -2.38. The van der Waals surface area contributed by atoms with E-state index in [0.717, 1.165) is 0 Å². The van der Waals surface area contributed by atoms with Crippen molar-refractivity contribution < 1.29 is 18.3 Å². The monoisotopic (exact) mass is 127 g/mol. The van der Waals surface area contributed by atoms with Crippen molar-refractivity contribution in [2.45, 2.75) is 18.7 Å². The Morgan fingerprint density at radius 3 is 1.50 bits per heavy atom. The van der Waals surface area contributed by atoms with Gasteiger partial charge in [-0.3, -0.25) is 0 Å². The van der Waals surface area contributed by atoms with Crippen molar-refractivity contribution in [1.29, 1.82) is 0 Å². The standard InChI is InChI=1S/C4H6F3O/c1-3(2,8)4(5,6)7/h8H,1H2,2H3/t3-/m1/s1. The molecule has 4 heteroatoms. The molecular weight excluding hydrogens is 121 g/mol. The Morgan fingerprint density at radius 2 is 1.50 bits per heavy atom. The van der Waals surface area contributed by atoms with E-state index >= 15 is 0 Å².